The summed E-state index contributed by atoms with van der Waals surface area (Å²) in [5, 5.41) is 3.13. The molecule has 0 aliphatic carbocycles. The Labute approximate surface area is 97.5 Å². The van der Waals surface area contributed by atoms with Crippen LogP contribution in [0.4, 0.5) is 5.69 Å². The summed E-state index contributed by atoms with van der Waals surface area (Å²) in [6.45, 7) is 6.09. The Hall–Kier alpha value is -1.35. The molecule has 0 unspecified atom stereocenters. The van der Waals surface area contributed by atoms with Crippen LogP contribution < -0.4 is 10.2 Å². The quantitative estimate of drug-likeness (QED) is 0.744. The molecule has 0 fully saturated rings. The van der Waals surface area contributed by atoms with Crippen molar-refractivity contribution in [1.82, 2.24) is 5.32 Å². The Kier molecular flexibility index (Phi) is 5.57. The number of nitrogens with zero attached hydrogens (tertiary/aromatic N) is 1. The van der Waals surface area contributed by atoms with Gasteiger partial charge in [0.1, 0.15) is 0 Å². The fraction of sp³-hybridized carbons (Fsp3) is 0.462. The minimum atomic E-state index is 0.127. The van der Waals surface area contributed by atoms with E-state index in [-0.39, 0.29) is 5.91 Å². The second-order valence-electron chi connectivity index (χ2n) is 3.65. The molecule has 1 amide bonds. The van der Waals surface area contributed by atoms with Crippen LogP contribution in [-0.4, -0.2) is 25.5 Å². The topological polar surface area (TPSA) is 32.3 Å². The van der Waals surface area contributed by atoms with Gasteiger partial charge in [0.15, 0.2) is 0 Å². The predicted molar refractivity (Wildman–Crippen MR) is 67.6 cm³/mol. The van der Waals surface area contributed by atoms with Crippen molar-refractivity contribution in [1.29, 1.82) is 0 Å². The van der Waals surface area contributed by atoms with E-state index in [0.717, 1.165) is 18.7 Å². The zero-order valence-corrected chi connectivity index (χ0v) is 10.1. The number of carbonyl (C=O) groups is 1. The molecule has 0 saturated heterocycles. The molecule has 0 aromatic heterocycles. The average molecular weight is 220 g/mol. The molecule has 3 heteroatoms. The molecule has 0 spiro atoms. The van der Waals surface area contributed by atoms with E-state index >= 15 is 0 Å². The van der Waals surface area contributed by atoms with Gasteiger partial charge in [-0.25, -0.2) is 0 Å². The van der Waals surface area contributed by atoms with Gasteiger partial charge in [-0.3, -0.25) is 4.79 Å². The maximum atomic E-state index is 11.9. The number of benzene rings is 1. The first-order chi connectivity index (χ1) is 7.79. The zero-order valence-electron chi connectivity index (χ0n) is 10.1. The fourth-order valence-corrected chi connectivity index (χ4v) is 1.58. The Bertz CT molecular complexity index is 311. The third-order valence-corrected chi connectivity index (χ3v) is 2.39. The minimum Gasteiger partial charge on any atom is -0.312 e. The van der Waals surface area contributed by atoms with E-state index in [0.29, 0.717) is 13.1 Å². The van der Waals surface area contributed by atoms with Crippen LogP contribution >= 0.6 is 0 Å². The highest BCUT2D eigenvalue weighted by molar-refractivity contribution is 5.94. The van der Waals surface area contributed by atoms with Gasteiger partial charge >= 0.3 is 0 Å². The summed E-state index contributed by atoms with van der Waals surface area (Å²) in [5.74, 6) is 0.127. The molecule has 88 valence electrons. The lowest BCUT2D eigenvalue weighted by Crippen LogP contribution is -2.38. The number of anilines is 1. The van der Waals surface area contributed by atoms with Crippen LogP contribution in [0, 0.1) is 0 Å². The van der Waals surface area contributed by atoms with Gasteiger partial charge in [-0.05, 0) is 32.0 Å². The van der Waals surface area contributed by atoms with Crippen LogP contribution in [0.1, 0.15) is 20.3 Å². The predicted octanol–water partition coefficient (Wildman–Crippen LogP) is 2.04. The number of nitrogens with one attached hydrogen (secondary N) is 1. The summed E-state index contributed by atoms with van der Waals surface area (Å²) >= 11 is 0. The lowest BCUT2D eigenvalue weighted by atomic mass is 10.3. The van der Waals surface area contributed by atoms with E-state index < -0.39 is 0 Å². The largest absolute Gasteiger partial charge is 0.312 e. The average Bonchev–Trinajstić information content (AvgIpc) is 2.32. The Morgan fingerprint density at radius 1 is 1.25 bits per heavy atom. The summed E-state index contributed by atoms with van der Waals surface area (Å²) in [7, 11) is 0. The fourth-order valence-electron chi connectivity index (χ4n) is 1.58. The summed E-state index contributed by atoms with van der Waals surface area (Å²) in [5.41, 5.74) is 0.966. The third kappa shape index (κ3) is 3.66. The lowest BCUT2D eigenvalue weighted by Gasteiger charge is -2.21. The van der Waals surface area contributed by atoms with Crippen molar-refractivity contribution in [3.05, 3.63) is 30.3 Å². The smallest absolute Gasteiger partial charge is 0.240 e. The first-order valence-electron chi connectivity index (χ1n) is 5.85. The van der Waals surface area contributed by atoms with Crippen molar-refractivity contribution in [2.45, 2.75) is 20.3 Å². The van der Waals surface area contributed by atoms with Crippen LogP contribution in [0.2, 0.25) is 0 Å². The Morgan fingerprint density at radius 3 is 2.50 bits per heavy atom. The molecule has 0 saturated carbocycles. The number of para-hydroxylation sites is 1. The van der Waals surface area contributed by atoms with E-state index in [2.05, 4.69) is 12.2 Å². The number of likely N-dealkylation sites (N-methyl/N-ethyl adjacent to an activating group) is 1. The van der Waals surface area contributed by atoms with Gasteiger partial charge in [0.2, 0.25) is 5.91 Å². The highest BCUT2D eigenvalue weighted by Gasteiger charge is 2.12. The molecule has 0 aliphatic rings. The highest BCUT2D eigenvalue weighted by atomic mass is 16.2. The maximum absolute atomic E-state index is 11.9. The van der Waals surface area contributed by atoms with E-state index in [1.54, 1.807) is 4.90 Å². The second kappa shape index (κ2) is 7.01. The van der Waals surface area contributed by atoms with E-state index in [1.165, 1.54) is 0 Å². The summed E-state index contributed by atoms with van der Waals surface area (Å²) in [4.78, 5) is 13.7. The summed E-state index contributed by atoms with van der Waals surface area (Å²) in [6.07, 6.45) is 1.05. The first-order valence-corrected chi connectivity index (χ1v) is 5.85. The number of amides is 1. The van der Waals surface area contributed by atoms with Gasteiger partial charge < -0.3 is 10.2 Å². The molecule has 0 aliphatic heterocycles. The SMILES string of the molecule is CCCNCC(=O)N(CC)c1ccccc1. The standard InChI is InChI=1S/C13H20N2O/c1-3-10-14-11-13(16)15(4-2)12-8-6-5-7-9-12/h5-9,14H,3-4,10-11H2,1-2H3. The lowest BCUT2D eigenvalue weighted by molar-refractivity contribution is -0.117. The normalized spacial score (nSPS) is 10.1. The number of hydrogen-bond acceptors (Lipinski definition) is 2. The van der Waals surface area contributed by atoms with Gasteiger partial charge in [0.25, 0.3) is 0 Å². The zero-order chi connectivity index (χ0) is 11.8. The third-order valence-electron chi connectivity index (χ3n) is 2.39. The molecular formula is C13H20N2O. The van der Waals surface area contributed by atoms with Crippen LogP contribution in [-0.2, 0) is 4.79 Å². The number of rotatable bonds is 6. The van der Waals surface area contributed by atoms with Gasteiger partial charge in [0.05, 0.1) is 6.54 Å². The van der Waals surface area contributed by atoms with Gasteiger partial charge in [-0.15, -0.1) is 0 Å². The molecule has 3 nitrogen and oxygen atoms in total. The van der Waals surface area contributed by atoms with Crippen LogP contribution in [0.15, 0.2) is 30.3 Å². The van der Waals surface area contributed by atoms with Crippen molar-refractivity contribution in [2.24, 2.45) is 0 Å². The van der Waals surface area contributed by atoms with Crippen molar-refractivity contribution < 1.29 is 4.79 Å². The maximum Gasteiger partial charge on any atom is 0.240 e. The molecule has 1 N–H and O–H groups in total. The highest BCUT2D eigenvalue weighted by Crippen LogP contribution is 2.12. The molecule has 0 bridgehead atoms. The van der Waals surface area contributed by atoms with Crippen LogP contribution in [0.5, 0.6) is 0 Å². The minimum absolute atomic E-state index is 0.127. The van der Waals surface area contributed by atoms with E-state index in [9.17, 15) is 4.79 Å². The monoisotopic (exact) mass is 220 g/mol. The van der Waals surface area contributed by atoms with Crippen molar-refractivity contribution in [2.75, 3.05) is 24.5 Å². The van der Waals surface area contributed by atoms with Crippen molar-refractivity contribution in [3.63, 3.8) is 0 Å². The summed E-state index contributed by atoms with van der Waals surface area (Å²) in [6, 6.07) is 9.77. The van der Waals surface area contributed by atoms with Crippen molar-refractivity contribution in [3.8, 4) is 0 Å². The molecule has 0 atom stereocenters. The van der Waals surface area contributed by atoms with Crippen LogP contribution in [0.25, 0.3) is 0 Å². The van der Waals surface area contributed by atoms with Crippen LogP contribution in [0.3, 0.4) is 0 Å². The molecule has 1 aromatic rings. The summed E-state index contributed by atoms with van der Waals surface area (Å²) < 4.78 is 0. The van der Waals surface area contributed by atoms with Gasteiger partial charge in [-0.1, -0.05) is 25.1 Å². The molecule has 1 aromatic carbocycles. The Balaban J connectivity index is 2.57. The van der Waals surface area contributed by atoms with Gasteiger partial charge in [0, 0.05) is 12.2 Å². The van der Waals surface area contributed by atoms with E-state index in [4.69, 9.17) is 0 Å². The van der Waals surface area contributed by atoms with E-state index in [1.807, 2.05) is 37.3 Å². The molecule has 0 radical (unpaired) electrons. The number of carbonyl (C=O) groups excluding carboxylic acids is 1. The molecule has 0 heterocycles. The van der Waals surface area contributed by atoms with Crippen molar-refractivity contribution >= 4 is 11.6 Å². The first kappa shape index (κ1) is 12.7. The van der Waals surface area contributed by atoms with Gasteiger partial charge in [-0.2, -0.15) is 0 Å². The molecule has 1 rings (SSSR count). The number of hydrogen-bond donors (Lipinski definition) is 1. The molecule has 16 heavy (non-hydrogen) atoms. The molecular weight excluding hydrogens is 200 g/mol. The second-order valence-corrected chi connectivity index (χ2v) is 3.65. The Morgan fingerprint density at radius 2 is 1.94 bits per heavy atom.